The van der Waals surface area contributed by atoms with Crippen molar-refractivity contribution < 1.29 is 31.8 Å². The second-order valence-corrected chi connectivity index (χ2v) is 4.04. The van der Waals surface area contributed by atoms with Crippen molar-refractivity contribution in [3.63, 3.8) is 0 Å². The molecule has 0 aromatic heterocycles. The minimum absolute atomic E-state index is 0. The van der Waals surface area contributed by atoms with Gasteiger partial charge in [-0.25, -0.2) is 0 Å². The number of carbonyl (C=O) groups is 4. The van der Waals surface area contributed by atoms with E-state index in [0.29, 0.717) is 0 Å². The average molecular weight is 199 g/mol. The standard InChI is InChI=1S/4CHO.Co.Na.H/c4*1-2;;;/h4*1H;;;. The van der Waals surface area contributed by atoms with Crippen LogP contribution in [0.4, 0.5) is 0 Å². The van der Waals surface area contributed by atoms with Crippen LogP contribution in [-0.2, 0) is 31.8 Å². The molecular weight excluding hydrogens is 194 g/mol. The number of hydrogen-bond donors (Lipinski definition) is 0. The van der Waals surface area contributed by atoms with Gasteiger partial charge in [0.05, 0.1) is 0 Å². The Kier molecular flexibility index (Phi) is 7.61. The summed E-state index contributed by atoms with van der Waals surface area (Å²) in [7, 11) is 0. The van der Waals surface area contributed by atoms with Gasteiger partial charge in [-0.05, 0) is 0 Å². The number of hydrogen-bond acceptors (Lipinski definition) is 4. The summed E-state index contributed by atoms with van der Waals surface area (Å²) in [4.78, 5) is 39.5. The van der Waals surface area contributed by atoms with Crippen molar-refractivity contribution in [1.29, 1.82) is 0 Å². The number of rotatable bonds is 4. The van der Waals surface area contributed by atoms with Crippen molar-refractivity contribution in [2.24, 2.45) is 0 Å². The van der Waals surface area contributed by atoms with Gasteiger partial charge in [-0.1, -0.05) is 0 Å². The molecule has 55 valence electrons. The Morgan fingerprint density at radius 3 is 0.900 bits per heavy atom. The van der Waals surface area contributed by atoms with Crippen molar-refractivity contribution in [1.82, 2.24) is 0 Å². The molecule has 0 amide bonds. The summed E-state index contributed by atoms with van der Waals surface area (Å²) < 4.78 is 0. The predicted molar refractivity (Wildman–Crippen MR) is 34.2 cm³/mol. The Bertz CT molecular complexity index is 120. The Morgan fingerprint density at radius 1 is 0.700 bits per heavy atom. The van der Waals surface area contributed by atoms with E-state index in [1.807, 2.05) is 0 Å². The third-order valence-corrected chi connectivity index (χ3v) is 2.24. The first-order valence-corrected chi connectivity index (χ1v) is 4.12. The van der Waals surface area contributed by atoms with Crippen molar-refractivity contribution in [2.45, 2.75) is 0 Å². The first kappa shape index (κ1) is 12.8. The van der Waals surface area contributed by atoms with E-state index in [-0.39, 0.29) is 50.4 Å². The third-order valence-electron chi connectivity index (χ3n) is 0.544. The van der Waals surface area contributed by atoms with E-state index in [1.54, 1.807) is 0 Å². The van der Waals surface area contributed by atoms with Crippen LogP contribution in [0.2, 0.25) is 0 Å². The van der Waals surface area contributed by atoms with Gasteiger partial charge in [0.15, 0.2) is 0 Å². The molecule has 10 heavy (non-hydrogen) atoms. The number of carbonyl (C=O) groups excluding carboxylic acids is 4. The predicted octanol–water partition coefficient (Wildman–Crippen LogP) is -1.75. The molecule has 0 rings (SSSR count). The van der Waals surface area contributed by atoms with Gasteiger partial charge in [-0.15, -0.1) is 0 Å². The van der Waals surface area contributed by atoms with Crippen LogP contribution >= 0.6 is 0 Å². The quantitative estimate of drug-likeness (QED) is 0.397. The van der Waals surface area contributed by atoms with Crippen LogP contribution in [-0.4, -0.2) is 50.4 Å². The van der Waals surface area contributed by atoms with Crippen LogP contribution in [0.1, 0.15) is 0 Å². The van der Waals surface area contributed by atoms with Crippen molar-refractivity contribution in [2.75, 3.05) is 0 Å². The Morgan fingerprint density at radius 2 is 0.900 bits per heavy atom. The van der Waals surface area contributed by atoms with Gasteiger partial charge in [0.2, 0.25) is 0 Å². The summed E-state index contributed by atoms with van der Waals surface area (Å²) in [5.74, 6) is 0. The molecule has 0 unspecified atom stereocenters. The van der Waals surface area contributed by atoms with Gasteiger partial charge in [0, 0.05) is 0 Å². The van der Waals surface area contributed by atoms with Gasteiger partial charge in [-0.2, -0.15) is 0 Å². The molecule has 0 fully saturated rings. The summed E-state index contributed by atoms with van der Waals surface area (Å²) in [5, 5.41) is 0.438. The van der Waals surface area contributed by atoms with Crippen LogP contribution in [0, 0.1) is 0 Å². The van der Waals surface area contributed by atoms with E-state index < -0.39 is 12.6 Å². The Balaban J connectivity index is 0. The van der Waals surface area contributed by atoms with E-state index in [9.17, 15) is 19.2 Å². The van der Waals surface area contributed by atoms with Crippen molar-refractivity contribution >= 4 is 50.4 Å². The molecule has 0 aromatic rings. The van der Waals surface area contributed by atoms with E-state index in [2.05, 4.69) is 0 Å². The Labute approximate surface area is 81.8 Å². The minimum atomic E-state index is -3.12. The molecule has 0 spiro atoms. The second-order valence-electron chi connectivity index (χ2n) is 0.981. The van der Waals surface area contributed by atoms with Gasteiger partial charge in [0.25, 0.3) is 0 Å². The van der Waals surface area contributed by atoms with E-state index in [0.717, 1.165) is 0 Å². The van der Waals surface area contributed by atoms with Gasteiger partial charge >= 0.3 is 82.2 Å². The monoisotopic (exact) mass is 199 g/mol. The molecular formula is C4H5CoNaO4. The van der Waals surface area contributed by atoms with Crippen LogP contribution in [0.15, 0.2) is 0 Å². The molecule has 0 saturated heterocycles. The van der Waals surface area contributed by atoms with Crippen molar-refractivity contribution in [3.8, 4) is 0 Å². The molecule has 0 atom stereocenters. The molecule has 0 aliphatic heterocycles. The summed E-state index contributed by atoms with van der Waals surface area (Å²) in [6, 6.07) is 0. The fraction of sp³-hybridized carbons (Fsp3) is 0. The first-order valence-electron chi connectivity index (χ1n) is 1.71. The van der Waals surface area contributed by atoms with Crippen LogP contribution in [0.5, 0.6) is 0 Å². The Hall–Kier alpha value is 0.186. The zero-order valence-corrected chi connectivity index (χ0v) is 5.32. The molecule has 6 heteroatoms. The SMILES string of the molecule is O=[CH][Co]([CH]=O)([CH]=O)[CH]=O.[NaH]. The zero-order valence-electron chi connectivity index (χ0n) is 4.28. The van der Waals surface area contributed by atoms with Crippen LogP contribution < -0.4 is 0 Å². The van der Waals surface area contributed by atoms with E-state index in [1.165, 1.54) is 0 Å². The summed E-state index contributed by atoms with van der Waals surface area (Å²) >= 11 is -3.12. The van der Waals surface area contributed by atoms with Crippen LogP contribution in [0.25, 0.3) is 0 Å². The van der Waals surface area contributed by atoms with E-state index in [4.69, 9.17) is 0 Å². The molecule has 0 radical (unpaired) electrons. The van der Waals surface area contributed by atoms with Gasteiger partial charge < -0.3 is 0 Å². The van der Waals surface area contributed by atoms with E-state index >= 15 is 0 Å². The molecule has 0 N–H and O–H groups in total. The molecule has 4 nitrogen and oxygen atoms in total. The zero-order chi connectivity index (χ0) is 7.33. The van der Waals surface area contributed by atoms with Gasteiger partial charge in [0.1, 0.15) is 0 Å². The van der Waals surface area contributed by atoms with Gasteiger partial charge in [-0.3, -0.25) is 0 Å². The topological polar surface area (TPSA) is 68.3 Å². The first-order chi connectivity index (χ1) is 4.24. The second kappa shape index (κ2) is 5.93. The van der Waals surface area contributed by atoms with Crippen LogP contribution in [0.3, 0.4) is 0 Å². The molecule has 0 aromatic carbocycles. The molecule has 0 saturated carbocycles. The summed E-state index contributed by atoms with van der Waals surface area (Å²) in [6.07, 6.45) is 0. The maximum atomic E-state index is 9.88. The summed E-state index contributed by atoms with van der Waals surface area (Å²) in [5.41, 5.74) is 0. The fourth-order valence-electron chi connectivity index (χ4n) is 0.111. The maximum absolute atomic E-state index is 9.88. The fourth-order valence-corrected chi connectivity index (χ4v) is 0.458. The molecule has 0 heterocycles. The summed E-state index contributed by atoms with van der Waals surface area (Å²) in [6.45, 7) is 0. The third kappa shape index (κ3) is 2.85. The van der Waals surface area contributed by atoms with Crippen molar-refractivity contribution in [3.05, 3.63) is 0 Å². The molecule has 0 aliphatic rings. The average Bonchev–Trinajstić information content (AvgIpc) is 1.95. The molecule has 0 aliphatic carbocycles. The molecule has 0 bridgehead atoms. The normalized spacial score (nSPS) is 10.4.